The van der Waals surface area contributed by atoms with Crippen molar-refractivity contribution in [3.63, 3.8) is 0 Å². The number of aryl methyl sites for hydroxylation is 1. The minimum absolute atomic E-state index is 0.00907. The maximum atomic E-state index is 13.8. The molecule has 2 amide bonds. The third kappa shape index (κ3) is 6.50. The first kappa shape index (κ1) is 35.7. The molecular formula is C36H44ClN5O8S. The first-order chi connectivity index (χ1) is 24.4. The number of rotatable bonds is 9. The van der Waals surface area contributed by atoms with Crippen molar-refractivity contribution in [2.45, 2.75) is 70.6 Å². The van der Waals surface area contributed by atoms with E-state index in [0.717, 1.165) is 62.1 Å². The molecule has 0 aliphatic carbocycles. The number of hydrogen-bond acceptors (Lipinski definition) is 10. The van der Waals surface area contributed by atoms with E-state index in [-0.39, 0.29) is 54.1 Å². The van der Waals surface area contributed by atoms with Crippen molar-refractivity contribution in [3.8, 4) is 5.75 Å². The lowest BCUT2D eigenvalue weighted by molar-refractivity contribution is 0.0731. The minimum atomic E-state index is -4.04. The van der Waals surface area contributed by atoms with Crippen LogP contribution in [0.4, 0.5) is 5.69 Å². The largest absolute Gasteiger partial charge is 0.493 e. The molecule has 3 fully saturated rings. The van der Waals surface area contributed by atoms with Crippen molar-refractivity contribution >= 4 is 50.3 Å². The monoisotopic (exact) mass is 741 g/mol. The number of benzene rings is 2. The predicted octanol–water partition coefficient (Wildman–Crippen LogP) is 3.72. The van der Waals surface area contributed by atoms with Gasteiger partial charge in [0.05, 0.1) is 41.9 Å². The molecule has 0 spiro atoms. The fourth-order valence-electron chi connectivity index (χ4n) is 8.32. The number of anilines is 1. The molecule has 4 aliphatic heterocycles. The van der Waals surface area contributed by atoms with Gasteiger partial charge in [-0.15, -0.1) is 0 Å². The Hall–Kier alpha value is -3.69. The van der Waals surface area contributed by atoms with Crippen molar-refractivity contribution < 1.29 is 31.9 Å². The van der Waals surface area contributed by atoms with E-state index in [1.807, 2.05) is 13.0 Å². The summed E-state index contributed by atoms with van der Waals surface area (Å²) in [6.07, 6.45) is 3.56. The highest BCUT2D eigenvalue weighted by atomic mass is 35.5. The van der Waals surface area contributed by atoms with Crippen LogP contribution >= 0.6 is 11.6 Å². The Balaban J connectivity index is 1.12. The van der Waals surface area contributed by atoms with Gasteiger partial charge in [-0.2, -0.15) is 12.7 Å². The standard InChI is InChI=1S/C36H44ClN5O8S/c1-5-49-31-16-22(6-11-27(31)34(43)38-51(46,47)42-23-7-8-24(42)10-9-23)35(44)41-13-12-26-28(19-41)36(45)50-33-21(2)30(17-29(37)32(26)33)40-15-14-39(3)25(18-40)20-48-4/h6,11,16-17,23-25H,5,7-10,12-15,18-20H2,1-4H3,(H,38,43)/t23?,24?,25-/m1/s1. The normalized spacial score (nSPS) is 22.4. The average Bonchev–Trinajstić information content (AvgIpc) is 3.73. The van der Waals surface area contributed by atoms with Gasteiger partial charge in [0, 0.05) is 67.6 Å². The number of hydrogen-bond donors (Lipinski definition) is 1. The molecule has 2 bridgehead atoms. The van der Waals surface area contributed by atoms with Crippen LogP contribution in [-0.2, 0) is 27.9 Å². The Morgan fingerprint density at radius 2 is 1.78 bits per heavy atom. The summed E-state index contributed by atoms with van der Waals surface area (Å²) in [6, 6.07) is 6.30. The van der Waals surface area contributed by atoms with Crippen molar-refractivity contribution in [2.24, 2.45) is 0 Å². The number of nitrogens with one attached hydrogen (secondary N) is 1. The number of fused-ring (bicyclic) bond motifs is 5. The fourth-order valence-corrected chi connectivity index (χ4v) is 10.3. The molecule has 7 rings (SSSR count). The molecule has 4 aliphatic rings. The van der Waals surface area contributed by atoms with Crippen molar-refractivity contribution in [3.05, 3.63) is 67.5 Å². The molecule has 3 saturated heterocycles. The molecule has 0 unspecified atom stereocenters. The summed E-state index contributed by atoms with van der Waals surface area (Å²) in [5.41, 5.74) is 3.08. The van der Waals surface area contributed by atoms with Gasteiger partial charge in [-0.1, -0.05) is 11.6 Å². The van der Waals surface area contributed by atoms with Crippen LogP contribution < -0.4 is 20.0 Å². The third-order valence-electron chi connectivity index (χ3n) is 11.0. The minimum Gasteiger partial charge on any atom is -0.493 e. The highest BCUT2D eigenvalue weighted by Crippen LogP contribution is 2.40. The van der Waals surface area contributed by atoms with E-state index < -0.39 is 21.7 Å². The molecule has 15 heteroatoms. The predicted molar refractivity (Wildman–Crippen MR) is 193 cm³/mol. The molecule has 0 saturated carbocycles. The van der Waals surface area contributed by atoms with Gasteiger partial charge in [-0.3, -0.25) is 14.5 Å². The van der Waals surface area contributed by atoms with Crippen LogP contribution in [0, 0.1) is 6.92 Å². The first-order valence-corrected chi connectivity index (χ1v) is 19.4. The Bertz CT molecular complexity index is 2040. The number of piperazine rings is 1. The summed E-state index contributed by atoms with van der Waals surface area (Å²) >= 11 is 6.95. The second-order valence-electron chi connectivity index (χ2n) is 13.9. The Labute approximate surface area is 302 Å². The van der Waals surface area contributed by atoms with Gasteiger partial charge in [-0.25, -0.2) is 9.52 Å². The van der Waals surface area contributed by atoms with Crippen molar-refractivity contribution in [2.75, 3.05) is 58.5 Å². The molecule has 3 aromatic rings. The average molecular weight is 742 g/mol. The number of carbonyl (C=O) groups excluding carboxylic acids is 2. The van der Waals surface area contributed by atoms with Crippen LogP contribution in [0.1, 0.15) is 70.0 Å². The van der Waals surface area contributed by atoms with Gasteiger partial charge >= 0.3 is 15.8 Å². The Morgan fingerprint density at radius 3 is 2.47 bits per heavy atom. The van der Waals surface area contributed by atoms with Gasteiger partial charge in [0.1, 0.15) is 11.3 Å². The molecule has 51 heavy (non-hydrogen) atoms. The zero-order valence-corrected chi connectivity index (χ0v) is 30.9. The van der Waals surface area contributed by atoms with E-state index in [1.54, 1.807) is 18.9 Å². The van der Waals surface area contributed by atoms with Crippen LogP contribution in [0.3, 0.4) is 0 Å². The molecule has 1 atom stereocenters. The number of likely N-dealkylation sites (N-methyl/N-ethyl adjacent to an activating group) is 1. The molecular weight excluding hydrogens is 698 g/mol. The summed E-state index contributed by atoms with van der Waals surface area (Å²) in [5, 5.41) is 1.18. The van der Waals surface area contributed by atoms with Crippen LogP contribution in [0.15, 0.2) is 33.5 Å². The number of ether oxygens (including phenoxy) is 2. The molecule has 2 aromatic carbocycles. The highest BCUT2D eigenvalue weighted by Gasteiger charge is 2.47. The second-order valence-corrected chi connectivity index (χ2v) is 15.9. The zero-order valence-electron chi connectivity index (χ0n) is 29.4. The van der Waals surface area contributed by atoms with E-state index in [4.69, 9.17) is 25.5 Å². The first-order valence-electron chi connectivity index (χ1n) is 17.5. The van der Waals surface area contributed by atoms with Crippen LogP contribution in [-0.4, -0.2) is 106 Å². The quantitative estimate of drug-likeness (QED) is 0.323. The number of halogens is 1. The summed E-state index contributed by atoms with van der Waals surface area (Å²) in [5.74, 6) is -1.10. The van der Waals surface area contributed by atoms with E-state index in [1.165, 1.54) is 22.5 Å². The van der Waals surface area contributed by atoms with E-state index in [0.29, 0.717) is 41.1 Å². The van der Waals surface area contributed by atoms with Crippen molar-refractivity contribution in [1.82, 2.24) is 18.8 Å². The maximum absolute atomic E-state index is 13.8. The lowest BCUT2D eigenvalue weighted by Gasteiger charge is -2.41. The van der Waals surface area contributed by atoms with Crippen molar-refractivity contribution in [1.29, 1.82) is 0 Å². The zero-order chi connectivity index (χ0) is 36.2. The number of nitrogens with zero attached hydrogens (tertiary/aromatic N) is 4. The smallest absolute Gasteiger partial charge is 0.341 e. The number of methoxy groups -OCH3 is 1. The van der Waals surface area contributed by atoms with Crippen LogP contribution in [0.5, 0.6) is 5.75 Å². The van der Waals surface area contributed by atoms with Crippen LogP contribution in [0.25, 0.3) is 11.0 Å². The summed E-state index contributed by atoms with van der Waals surface area (Å²) in [4.78, 5) is 46.7. The lowest BCUT2D eigenvalue weighted by Crippen LogP contribution is -2.53. The van der Waals surface area contributed by atoms with Gasteiger partial charge in [0.25, 0.3) is 11.8 Å². The number of carbonyl (C=O) groups is 2. The number of amides is 2. The van der Waals surface area contributed by atoms with E-state index in [9.17, 15) is 22.8 Å². The second kappa shape index (κ2) is 14.0. The summed E-state index contributed by atoms with van der Waals surface area (Å²) in [7, 11) is -0.262. The van der Waals surface area contributed by atoms with Gasteiger partial charge in [-0.05, 0) is 82.8 Å². The molecule has 1 N–H and O–H groups in total. The van der Waals surface area contributed by atoms with Gasteiger partial charge < -0.3 is 23.7 Å². The maximum Gasteiger partial charge on any atom is 0.341 e. The lowest BCUT2D eigenvalue weighted by atomic mass is 9.95. The SMILES string of the molecule is CCOc1cc(C(=O)N2CCc3c(c(=O)oc4c(C)c(N5CCN(C)[C@@H](COC)C5)cc(Cl)c34)C2)ccc1C(=O)NS(=O)(=O)N1C2CCC1CC2. The summed E-state index contributed by atoms with van der Waals surface area (Å²) < 4.78 is 47.1. The van der Waals surface area contributed by atoms with E-state index >= 15 is 0 Å². The van der Waals surface area contributed by atoms with Gasteiger partial charge in [0.15, 0.2) is 0 Å². The summed E-state index contributed by atoms with van der Waals surface area (Å²) in [6.45, 7) is 7.19. The fraction of sp³-hybridized carbons (Fsp3) is 0.528. The molecule has 5 heterocycles. The van der Waals surface area contributed by atoms with E-state index in [2.05, 4.69) is 21.6 Å². The Kier molecular flexibility index (Phi) is 9.82. The van der Waals surface area contributed by atoms with Gasteiger partial charge in [0.2, 0.25) is 0 Å². The third-order valence-corrected chi connectivity index (χ3v) is 12.9. The highest BCUT2D eigenvalue weighted by molar-refractivity contribution is 7.87. The topological polar surface area (TPSA) is 142 Å². The Morgan fingerprint density at radius 1 is 1.06 bits per heavy atom. The molecule has 1 aromatic heterocycles. The molecule has 274 valence electrons. The van der Waals surface area contributed by atoms with Crippen LogP contribution in [0.2, 0.25) is 5.02 Å². The molecule has 13 nitrogen and oxygen atoms in total. The molecule has 0 radical (unpaired) electrons.